The Morgan fingerprint density at radius 1 is 1.17 bits per heavy atom. The standard InChI is InChI=1S/C16H16ClN5O2/c17-14-13(9-18-20-15(14)23)21-7-5-10(6-8-21)22-12-4-2-1-3-11(12)19-16(22)24/h1-4,9-10H,5-8H2,(H,19,24)(H,20,23). The molecule has 2 aromatic heterocycles. The molecule has 1 saturated heterocycles. The normalized spacial score (nSPS) is 16.0. The highest BCUT2D eigenvalue weighted by Gasteiger charge is 2.25. The van der Waals surface area contributed by atoms with E-state index < -0.39 is 0 Å². The van der Waals surface area contributed by atoms with Crippen molar-refractivity contribution in [3.8, 4) is 0 Å². The summed E-state index contributed by atoms with van der Waals surface area (Å²) in [5.41, 5.74) is 1.96. The summed E-state index contributed by atoms with van der Waals surface area (Å²) in [6.07, 6.45) is 3.16. The zero-order valence-corrected chi connectivity index (χ0v) is 13.6. The fourth-order valence-corrected chi connectivity index (χ4v) is 3.61. The molecule has 124 valence electrons. The number of hydrogen-bond acceptors (Lipinski definition) is 4. The molecule has 0 bridgehead atoms. The number of rotatable bonds is 2. The first-order chi connectivity index (χ1) is 11.6. The topological polar surface area (TPSA) is 86.8 Å². The van der Waals surface area contributed by atoms with E-state index in [0.717, 1.165) is 23.9 Å². The van der Waals surface area contributed by atoms with Gasteiger partial charge in [0.2, 0.25) is 0 Å². The predicted molar refractivity (Wildman–Crippen MR) is 92.9 cm³/mol. The smallest absolute Gasteiger partial charge is 0.326 e. The van der Waals surface area contributed by atoms with Crippen molar-refractivity contribution < 1.29 is 0 Å². The van der Waals surface area contributed by atoms with Crippen LogP contribution in [0.4, 0.5) is 5.69 Å². The molecule has 3 aromatic rings. The quantitative estimate of drug-likeness (QED) is 0.742. The second-order valence-electron chi connectivity index (χ2n) is 5.93. The molecule has 1 fully saturated rings. The van der Waals surface area contributed by atoms with Gasteiger partial charge >= 0.3 is 5.69 Å². The van der Waals surface area contributed by atoms with Gasteiger partial charge in [-0.25, -0.2) is 9.89 Å². The maximum Gasteiger partial charge on any atom is 0.326 e. The molecule has 0 amide bonds. The van der Waals surface area contributed by atoms with Crippen LogP contribution in [0.25, 0.3) is 11.0 Å². The van der Waals surface area contributed by atoms with E-state index >= 15 is 0 Å². The number of halogens is 1. The van der Waals surface area contributed by atoms with E-state index in [0.29, 0.717) is 18.8 Å². The highest BCUT2D eigenvalue weighted by atomic mass is 35.5. The summed E-state index contributed by atoms with van der Waals surface area (Å²) in [5.74, 6) is 0. The van der Waals surface area contributed by atoms with Crippen molar-refractivity contribution in [3.05, 3.63) is 56.3 Å². The number of H-pyrrole nitrogens is 2. The maximum atomic E-state index is 12.3. The molecule has 0 aliphatic carbocycles. The van der Waals surface area contributed by atoms with Crippen LogP contribution < -0.4 is 16.1 Å². The molecule has 4 rings (SSSR count). The molecule has 1 aromatic carbocycles. The van der Waals surface area contributed by atoms with Gasteiger partial charge in [0.05, 0.1) is 22.9 Å². The van der Waals surface area contributed by atoms with E-state index in [2.05, 4.69) is 15.2 Å². The number of aromatic nitrogens is 4. The van der Waals surface area contributed by atoms with Crippen LogP contribution in [-0.2, 0) is 0 Å². The average Bonchev–Trinajstić information content (AvgIpc) is 2.93. The number of para-hydroxylation sites is 2. The molecule has 3 heterocycles. The highest BCUT2D eigenvalue weighted by molar-refractivity contribution is 6.32. The SMILES string of the molecule is O=c1[nH]ncc(N2CCC(n3c(=O)[nH]c4ccccc43)CC2)c1Cl. The van der Waals surface area contributed by atoms with Crippen LogP contribution in [0.3, 0.4) is 0 Å². The van der Waals surface area contributed by atoms with E-state index in [1.54, 1.807) is 6.20 Å². The van der Waals surface area contributed by atoms with Crippen LogP contribution in [0.2, 0.25) is 5.02 Å². The van der Waals surface area contributed by atoms with Crippen molar-refractivity contribution in [2.75, 3.05) is 18.0 Å². The van der Waals surface area contributed by atoms with Crippen LogP contribution in [0, 0.1) is 0 Å². The summed E-state index contributed by atoms with van der Waals surface area (Å²) in [5, 5.41) is 6.30. The minimum atomic E-state index is -0.385. The predicted octanol–water partition coefficient (Wildman–Crippen LogP) is 1.91. The lowest BCUT2D eigenvalue weighted by Crippen LogP contribution is -2.37. The van der Waals surface area contributed by atoms with E-state index in [-0.39, 0.29) is 22.3 Å². The van der Waals surface area contributed by atoms with Crippen molar-refractivity contribution in [1.29, 1.82) is 0 Å². The maximum absolute atomic E-state index is 12.3. The Labute approximate surface area is 141 Å². The number of anilines is 1. The summed E-state index contributed by atoms with van der Waals surface area (Å²) in [7, 11) is 0. The summed E-state index contributed by atoms with van der Waals surface area (Å²) in [4.78, 5) is 28.8. The molecule has 24 heavy (non-hydrogen) atoms. The Morgan fingerprint density at radius 3 is 2.71 bits per heavy atom. The van der Waals surface area contributed by atoms with Gasteiger partial charge in [-0.3, -0.25) is 9.36 Å². The van der Waals surface area contributed by atoms with E-state index in [1.807, 2.05) is 33.7 Å². The van der Waals surface area contributed by atoms with Crippen molar-refractivity contribution in [2.45, 2.75) is 18.9 Å². The summed E-state index contributed by atoms with van der Waals surface area (Å²) >= 11 is 6.08. The molecule has 0 saturated carbocycles. The Morgan fingerprint density at radius 2 is 1.92 bits per heavy atom. The van der Waals surface area contributed by atoms with Gasteiger partial charge in [-0.05, 0) is 25.0 Å². The Kier molecular flexibility index (Phi) is 3.65. The van der Waals surface area contributed by atoms with Gasteiger partial charge in [0.15, 0.2) is 0 Å². The van der Waals surface area contributed by atoms with E-state index in [1.165, 1.54) is 0 Å². The number of piperidine rings is 1. The first-order valence-corrected chi connectivity index (χ1v) is 8.20. The Bertz CT molecular complexity index is 997. The van der Waals surface area contributed by atoms with Crippen molar-refractivity contribution >= 4 is 28.3 Å². The summed E-state index contributed by atoms with van der Waals surface area (Å²) in [6, 6.07) is 7.83. The van der Waals surface area contributed by atoms with Crippen LogP contribution in [0.15, 0.2) is 40.1 Å². The number of benzene rings is 1. The molecule has 0 unspecified atom stereocenters. The third kappa shape index (κ3) is 2.41. The lowest BCUT2D eigenvalue weighted by Gasteiger charge is -2.34. The van der Waals surface area contributed by atoms with E-state index in [9.17, 15) is 9.59 Å². The monoisotopic (exact) mass is 345 g/mol. The van der Waals surface area contributed by atoms with E-state index in [4.69, 9.17) is 11.6 Å². The van der Waals surface area contributed by atoms with Gasteiger partial charge in [0.1, 0.15) is 5.02 Å². The van der Waals surface area contributed by atoms with Crippen molar-refractivity contribution in [2.24, 2.45) is 0 Å². The van der Waals surface area contributed by atoms with Gasteiger partial charge in [-0.15, -0.1) is 0 Å². The second kappa shape index (κ2) is 5.83. The minimum Gasteiger partial charge on any atom is -0.369 e. The first-order valence-electron chi connectivity index (χ1n) is 7.82. The largest absolute Gasteiger partial charge is 0.369 e. The van der Waals surface area contributed by atoms with Gasteiger partial charge < -0.3 is 9.88 Å². The highest BCUT2D eigenvalue weighted by Crippen LogP contribution is 2.29. The van der Waals surface area contributed by atoms with Gasteiger partial charge in [-0.2, -0.15) is 5.10 Å². The zero-order chi connectivity index (χ0) is 16.7. The zero-order valence-electron chi connectivity index (χ0n) is 12.8. The Hall–Kier alpha value is -2.54. The molecular formula is C16H16ClN5O2. The number of hydrogen-bond donors (Lipinski definition) is 2. The van der Waals surface area contributed by atoms with Gasteiger partial charge in [0, 0.05) is 19.1 Å². The number of nitrogens with zero attached hydrogens (tertiary/aromatic N) is 3. The van der Waals surface area contributed by atoms with Gasteiger partial charge in [0.25, 0.3) is 5.56 Å². The number of nitrogens with one attached hydrogen (secondary N) is 2. The van der Waals surface area contributed by atoms with Gasteiger partial charge in [-0.1, -0.05) is 23.7 Å². The molecule has 1 aliphatic rings. The number of imidazole rings is 1. The summed E-state index contributed by atoms with van der Waals surface area (Å²) < 4.78 is 1.84. The lowest BCUT2D eigenvalue weighted by molar-refractivity contribution is 0.396. The van der Waals surface area contributed by atoms with Crippen molar-refractivity contribution in [1.82, 2.24) is 19.7 Å². The number of aromatic amines is 2. The van der Waals surface area contributed by atoms with Crippen LogP contribution >= 0.6 is 11.6 Å². The van der Waals surface area contributed by atoms with Crippen LogP contribution in [0.5, 0.6) is 0 Å². The lowest BCUT2D eigenvalue weighted by atomic mass is 10.0. The fourth-order valence-electron chi connectivity index (χ4n) is 3.40. The first kappa shape index (κ1) is 15.0. The molecule has 0 spiro atoms. The fraction of sp³-hybridized carbons (Fsp3) is 0.312. The van der Waals surface area contributed by atoms with Crippen LogP contribution in [-0.4, -0.2) is 32.8 Å². The van der Waals surface area contributed by atoms with Crippen LogP contribution in [0.1, 0.15) is 18.9 Å². The molecule has 2 N–H and O–H groups in total. The molecule has 8 heteroatoms. The third-order valence-corrected chi connectivity index (χ3v) is 4.94. The average molecular weight is 346 g/mol. The molecule has 0 radical (unpaired) electrons. The van der Waals surface area contributed by atoms with Crippen molar-refractivity contribution in [3.63, 3.8) is 0 Å². The third-order valence-electron chi connectivity index (χ3n) is 4.57. The Balaban J connectivity index is 1.60. The number of fused-ring (bicyclic) bond motifs is 1. The molecule has 0 atom stereocenters. The molecular weight excluding hydrogens is 330 g/mol. The summed E-state index contributed by atoms with van der Waals surface area (Å²) in [6.45, 7) is 1.42. The molecule has 7 nitrogen and oxygen atoms in total. The second-order valence-corrected chi connectivity index (χ2v) is 6.31. The minimum absolute atomic E-state index is 0.0782. The molecule has 1 aliphatic heterocycles.